The highest BCUT2D eigenvalue weighted by molar-refractivity contribution is 7.90. The lowest BCUT2D eigenvalue weighted by atomic mass is 10.0. The van der Waals surface area contributed by atoms with Crippen LogP contribution in [0.5, 0.6) is 0 Å². The molecule has 1 atom stereocenters. The Balaban J connectivity index is 2.32. The van der Waals surface area contributed by atoms with E-state index < -0.39 is 52.0 Å². The van der Waals surface area contributed by atoms with Crippen molar-refractivity contribution >= 4 is 27.8 Å². The van der Waals surface area contributed by atoms with Gasteiger partial charge in [0, 0.05) is 12.6 Å². The standard InChI is InChI=1S/C19H21F3N4O6S/c1-11-4-6-13(7-5-11)33(31,32)26-9-12(23-10-26)8-14(24-16(28)19(20,21)22)15(27)25-18(2,3)17(29)30/h4-7,9-10,14H,8H2,1-3H3,(H,24,28)(H,25,27)(H,29,30)/t14-/m0/s1. The maximum absolute atomic E-state index is 12.7. The second kappa shape index (κ2) is 9.21. The van der Waals surface area contributed by atoms with Crippen LogP contribution in [0, 0.1) is 6.92 Å². The van der Waals surface area contributed by atoms with Crippen molar-refractivity contribution in [2.24, 2.45) is 0 Å². The zero-order valence-corrected chi connectivity index (χ0v) is 18.5. The molecule has 1 heterocycles. The van der Waals surface area contributed by atoms with Gasteiger partial charge in [0.1, 0.15) is 17.9 Å². The largest absolute Gasteiger partial charge is 0.480 e. The smallest absolute Gasteiger partial charge is 0.471 e. The molecule has 0 aliphatic rings. The lowest BCUT2D eigenvalue weighted by molar-refractivity contribution is -0.174. The van der Waals surface area contributed by atoms with Crippen LogP contribution >= 0.6 is 0 Å². The first-order chi connectivity index (χ1) is 15.0. The van der Waals surface area contributed by atoms with E-state index in [1.165, 1.54) is 17.4 Å². The molecule has 1 aromatic carbocycles. The van der Waals surface area contributed by atoms with Crippen LogP contribution in [0.3, 0.4) is 0 Å². The lowest BCUT2D eigenvalue weighted by Gasteiger charge is -2.25. The summed E-state index contributed by atoms with van der Waals surface area (Å²) in [4.78, 5) is 38.8. The van der Waals surface area contributed by atoms with E-state index >= 15 is 0 Å². The maximum Gasteiger partial charge on any atom is 0.471 e. The number of alkyl halides is 3. The number of amides is 2. The number of benzene rings is 1. The number of nitrogens with zero attached hydrogens (tertiary/aromatic N) is 2. The van der Waals surface area contributed by atoms with Gasteiger partial charge in [-0.1, -0.05) is 17.7 Å². The zero-order chi connectivity index (χ0) is 25.2. The van der Waals surface area contributed by atoms with Crippen LogP contribution < -0.4 is 10.6 Å². The van der Waals surface area contributed by atoms with Gasteiger partial charge in [0.25, 0.3) is 10.0 Å². The van der Waals surface area contributed by atoms with Gasteiger partial charge in [-0.3, -0.25) is 9.59 Å². The summed E-state index contributed by atoms with van der Waals surface area (Å²) in [5.74, 6) is -5.12. The first-order valence-corrected chi connectivity index (χ1v) is 10.8. The number of carbonyl (C=O) groups is 3. The first kappa shape index (κ1) is 25.8. The number of rotatable bonds is 8. The fourth-order valence-corrected chi connectivity index (χ4v) is 3.68. The molecule has 33 heavy (non-hydrogen) atoms. The lowest BCUT2D eigenvalue weighted by Crippen LogP contribution is -2.58. The first-order valence-electron chi connectivity index (χ1n) is 9.32. The van der Waals surface area contributed by atoms with Crippen LogP contribution in [0.2, 0.25) is 0 Å². The highest BCUT2D eigenvalue weighted by Crippen LogP contribution is 2.17. The van der Waals surface area contributed by atoms with Gasteiger partial charge in [-0.2, -0.15) is 13.2 Å². The number of imidazole rings is 1. The Kier molecular flexibility index (Phi) is 7.21. The number of aliphatic carboxylic acids is 1. The molecule has 0 aliphatic heterocycles. The Hall–Kier alpha value is -3.42. The Bertz CT molecular complexity index is 1160. The van der Waals surface area contributed by atoms with Gasteiger partial charge in [0.15, 0.2) is 0 Å². The molecule has 0 unspecified atom stereocenters. The van der Waals surface area contributed by atoms with E-state index in [-0.39, 0.29) is 10.6 Å². The van der Waals surface area contributed by atoms with E-state index in [0.29, 0.717) is 3.97 Å². The topological polar surface area (TPSA) is 147 Å². The minimum atomic E-state index is -5.31. The predicted octanol–water partition coefficient (Wildman–Crippen LogP) is 0.998. The van der Waals surface area contributed by atoms with Gasteiger partial charge in [-0.15, -0.1) is 0 Å². The Morgan fingerprint density at radius 2 is 1.73 bits per heavy atom. The molecule has 2 aromatic rings. The molecule has 10 nitrogen and oxygen atoms in total. The van der Waals surface area contributed by atoms with Gasteiger partial charge in [-0.05, 0) is 32.9 Å². The number of aryl methyl sites for hydroxylation is 1. The second-order valence-electron chi connectivity index (χ2n) is 7.66. The number of nitrogens with one attached hydrogen (secondary N) is 2. The molecule has 2 amide bonds. The van der Waals surface area contributed by atoms with Crippen LogP contribution in [0.1, 0.15) is 25.1 Å². The molecule has 0 fully saturated rings. The van der Waals surface area contributed by atoms with Gasteiger partial charge in [0.05, 0.1) is 10.6 Å². The summed E-state index contributed by atoms with van der Waals surface area (Å²) >= 11 is 0. The SMILES string of the molecule is Cc1ccc(S(=O)(=O)n2cnc(C[C@H](NC(=O)C(F)(F)F)C(=O)NC(C)(C)C(=O)O)c2)cc1. The summed E-state index contributed by atoms with van der Waals surface area (Å²) in [7, 11) is -4.07. The summed E-state index contributed by atoms with van der Waals surface area (Å²) < 4.78 is 64.3. The molecule has 3 N–H and O–H groups in total. The number of aromatic nitrogens is 2. The van der Waals surface area contributed by atoms with Gasteiger partial charge < -0.3 is 15.7 Å². The highest BCUT2D eigenvalue weighted by Gasteiger charge is 2.42. The maximum atomic E-state index is 12.7. The van der Waals surface area contributed by atoms with Crippen molar-refractivity contribution in [2.45, 2.75) is 49.8 Å². The van der Waals surface area contributed by atoms with E-state index in [0.717, 1.165) is 31.9 Å². The van der Waals surface area contributed by atoms with Crippen molar-refractivity contribution < 1.29 is 41.1 Å². The van der Waals surface area contributed by atoms with Crippen molar-refractivity contribution in [3.8, 4) is 0 Å². The van der Waals surface area contributed by atoms with Crippen LogP contribution in [-0.4, -0.2) is 58.0 Å². The molecule has 14 heteroatoms. The van der Waals surface area contributed by atoms with E-state index in [1.807, 2.05) is 5.32 Å². The average molecular weight is 490 g/mol. The highest BCUT2D eigenvalue weighted by atomic mass is 32.2. The molecule has 0 saturated carbocycles. The van der Waals surface area contributed by atoms with E-state index in [1.54, 1.807) is 19.1 Å². The molecule has 0 spiro atoms. The van der Waals surface area contributed by atoms with E-state index in [4.69, 9.17) is 5.11 Å². The fourth-order valence-electron chi connectivity index (χ4n) is 2.52. The van der Waals surface area contributed by atoms with Crippen LogP contribution in [0.15, 0.2) is 41.7 Å². The molecule has 1 aromatic heterocycles. The minimum Gasteiger partial charge on any atom is -0.480 e. The average Bonchev–Trinajstić information content (AvgIpc) is 3.16. The van der Waals surface area contributed by atoms with Crippen molar-refractivity contribution in [1.29, 1.82) is 0 Å². The molecular formula is C19H21F3N4O6S. The zero-order valence-electron chi connectivity index (χ0n) is 17.7. The normalized spacial score (nSPS) is 13.3. The number of halogens is 3. The molecular weight excluding hydrogens is 469 g/mol. The number of carboxylic acid groups (broad SMARTS) is 1. The second-order valence-corrected chi connectivity index (χ2v) is 9.50. The van der Waals surface area contributed by atoms with E-state index in [2.05, 4.69) is 4.98 Å². The Labute approximate surface area is 186 Å². The summed E-state index contributed by atoms with van der Waals surface area (Å²) in [5.41, 5.74) is -1.17. The Morgan fingerprint density at radius 3 is 2.24 bits per heavy atom. The molecule has 0 aliphatic carbocycles. The van der Waals surface area contributed by atoms with E-state index in [9.17, 15) is 36.0 Å². The molecule has 0 saturated heterocycles. The van der Waals surface area contributed by atoms with Crippen LogP contribution in [-0.2, 0) is 30.8 Å². The number of carboxylic acids is 1. The fraction of sp³-hybridized carbons (Fsp3) is 0.368. The summed E-state index contributed by atoms with van der Waals surface area (Å²) in [6.07, 6.45) is -4.07. The predicted molar refractivity (Wildman–Crippen MR) is 108 cm³/mol. The van der Waals surface area contributed by atoms with Gasteiger partial charge in [0.2, 0.25) is 5.91 Å². The molecule has 0 radical (unpaired) electrons. The van der Waals surface area contributed by atoms with Crippen molar-refractivity contribution in [2.75, 3.05) is 0 Å². The molecule has 0 bridgehead atoms. The molecule has 2 rings (SSSR count). The third kappa shape index (κ3) is 6.31. The number of carbonyl (C=O) groups excluding carboxylic acids is 2. The van der Waals surface area contributed by atoms with Crippen LogP contribution in [0.25, 0.3) is 0 Å². The number of hydrogen-bond donors (Lipinski definition) is 3. The van der Waals surface area contributed by atoms with Crippen molar-refractivity contribution in [1.82, 2.24) is 19.6 Å². The van der Waals surface area contributed by atoms with Crippen LogP contribution in [0.4, 0.5) is 13.2 Å². The third-order valence-electron chi connectivity index (χ3n) is 4.47. The van der Waals surface area contributed by atoms with Crippen molar-refractivity contribution in [3.05, 3.63) is 48.0 Å². The summed E-state index contributed by atoms with van der Waals surface area (Å²) in [6, 6.07) is 3.98. The number of hydrogen-bond acceptors (Lipinski definition) is 6. The molecule has 180 valence electrons. The minimum absolute atomic E-state index is 0.0695. The van der Waals surface area contributed by atoms with Crippen molar-refractivity contribution in [3.63, 3.8) is 0 Å². The van der Waals surface area contributed by atoms with Gasteiger partial charge >= 0.3 is 18.1 Å². The summed E-state index contributed by atoms with van der Waals surface area (Å²) in [5, 5.41) is 12.6. The Morgan fingerprint density at radius 1 is 1.15 bits per heavy atom. The monoisotopic (exact) mass is 490 g/mol. The quantitative estimate of drug-likeness (QED) is 0.500. The summed E-state index contributed by atoms with van der Waals surface area (Å²) in [6.45, 7) is 3.95. The van der Waals surface area contributed by atoms with Gasteiger partial charge in [-0.25, -0.2) is 22.2 Å². The third-order valence-corrected chi connectivity index (χ3v) is 6.10.